The summed E-state index contributed by atoms with van der Waals surface area (Å²) >= 11 is 0. The van der Waals surface area contributed by atoms with Crippen LogP contribution in [0.2, 0.25) is 0 Å². The van der Waals surface area contributed by atoms with E-state index in [9.17, 15) is 0 Å². The fourth-order valence-corrected chi connectivity index (χ4v) is 1.47. The molecule has 0 amide bonds. The molecule has 0 saturated heterocycles. The van der Waals surface area contributed by atoms with E-state index in [2.05, 4.69) is 12.2 Å². The SMILES string of the molecule is Cc1ccc(CNC(C)c2ccco2)o1. The predicted octanol–water partition coefficient (Wildman–Crippen LogP) is 3.03. The van der Waals surface area contributed by atoms with Crippen molar-refractivity contribution < 1.29 is 8.83 Å². The van der Waals surface area contributed by atoms with Crippen molar-refractivity contribution in [3.05, 3.63) is 47.8 Å². The Hall–Kier alpha value is -1.48. The number of nitrogens with one attached hydrogen (secondary N) is 1. The zero-order valence-electron chi connectivity index (χ0n) is 8.99. The Balaban J connectivity index is 1.88. The first-order valence-electron chi connectivity index (χ1n) is 5.08. The zero-order chi connectivity index (χ0) is 10.7. The van der Waals surface area contributed by atoms with Crippen LogP contribution in [0.3, 0.4) is 0 Å². The van der Waals surface area contributed by atoms with E-state index in [-0.39, 0.29) is 6.04 Å². The fraction of sp³-hybridized carbons (Fsp3) is 0.333. The summed E-state index contributed by atoms with van der Waals surface area (Å²) in [5.41, 5.74) is 0. The normalized spacial score (nSPS) is 12.9. The van der Waals surface area contributed by atoms with Crippen molar-refractivity contribution in [3.63, 3.8) is 0 Å². The van der Waals surface area contributed by atoms with E-state index in [1.54, 1.807) is 6.26 Å². The molecule has 2 aromatic rings. The average Bonchev–Trinajstić information content (AvgIpc) is 2.84. The molecular weight excluding hydrogens is 190 g/mol. The van der Waals surface area contributed by atoms with Gasteiger partial charge in [0.05, 0.1) is 18.8 Å². The summed E-state index contributed by atoms with van der Waals surface area (Å²) in [6.07, 6.45) is 1.69. The van der Waals surface area contributed by atoms with E-state index in [0.717, 1.165) is 23.8 Å². The van der Waals surface area contributed by atoms with Crippen LogP contribution in [0.1, 0.15) is 30.2 Å². The summed E-state index contributed by atoms with van der Waals surface area (Å²) in [5, 5.41) is 3.33. The van der Waals surface area contributed by atoms with Gasteiger partial charge in [0.1, 0.15) is 17.3 Å². The number of furan rings is 2. The largest absolute Gasteiger partial charge is 0.468 e. The molecule has 0 radical (unpaired) electrons. The van der Waals surface area contributed by atoms with Gasteiger partial charge in [0.15, 0.2) is 0 Å². The number of hydrogen-bond acceptors (Lipinski definition) is 3. The van der Waals surface area contributed by atoms with Crippen molar-refractivity contribution in [2.24, 2.45) is 0 Å². The second-order valence-corrected chi connectivity index (χ2v) is 3.63. The van der Waals surface area contributed by atoms with Crippen molar-refractivity contribution in [2.75, 3.05) is 0 Å². The van der Waals surface area contributed by atoms with Crippen LogP contribution in [0.15, 0.2) is 39.4 Å². The van der Waals surface area contributed by atoms with Gasteiger partial charge in [-0.3, -0.25) is 0 Å². The van der Waals surface area contributed by atoms with Gasteiger partial charge in [0, 0.05) is 0 Å². The molecule has 0 aromatic carbocycles. The second kappa shape index (κ2) is 4.36. The molecule has 2 heterocycles. The summed E-state index contributed by atoms with van der Waals surface area (Å²) in [7, 11) is 0. The zero-order valence-corrected chi connectivity index (χ0v) is 8.99. The number of aryl methyl sites for hydroxylation is 1. The molecule has 0 spiro atoms. The van der Waals surface area contributed by atoms with Gasteiger partial charge in [-0.05, 0) is 38.1 Å². The first-order chi connectivity index (χ1) is 7.25. The van der Waals surface area contributed by atoms with Gasteiger partial charge in [-0.1, -0.05) is 0 Å². The van der Waals surface area contributed by atoms with E-state index >= 15 is 0 Å². The summed E-state index contributed by atoms with van der Waals surface area (Å²) in [4.78, 5) is 0. The number of hydrogen-bond donors (Lipinski definition) is 1. The first kappa shape index (κ1) is 10.1. The Bertz CT molecular complexity index is 403. The lowest BCUT2D eigenvalue weighted by atomic mass is 10.2. The van der Waals surface area contributed by atoms with Crippen molar-refractivity contribution in [1.29, 1.82) is 0 Å². The van der Waals surface area contributed by atoms with Gasteiger partial charge in [-0.2, -0.15) is 0 Å². The van der Waals surface area contributed by atoms with Crippen LogP contribution in [0.25, 0.3) is 0 Å². The molecule has 15 heavy (non-hydrogen) atoms. The summed E-state index contributed by atoms with van der Waals surface area (Å²) in [6, 6.07) is 8.01. The minimum Gasteiger partial charge on any atom is -0.468 e. The molecular formula is C12H15NO2. The third-order valence-corrected chi connectivity index (χ3v) is 2.35. The lowest BCUT2D eigenvalue weighted by Crippen LogP contribution is -2.17. The molecule has 3 heteroatoms. The van der Waals surface area contributed by atoms with E-state index in [1.165, 1.54) is 0 Å². The monoisotopic (exact) mass is 205 g/mol. The van der Waals surface area contributed by atoms with Crippen LogP contribution in [0, 0.1) is 6.92 Å². The van der Waals surface area contributed by atoms with E-state index in [4.69, 9.17) is 8.83 Å². The third-order valence-electron chi connectivity index (χ3n) is 2.35. The highest BCUT2D eigenvalue weighted by molar-refractivity contribution is 5.07. The minimum atomic E-state index is 0.199. The standard InChI is InChI=1S/C12H15NO2/c1-9-5-6-11(15-9)8-13-10(2)12-4-3-7-14-12/h3-7,10,13H,8H2,1-2H3. The van der Waals surface area contributed by atoms with Crippen molar-refractivity contribution in [2.45, 2.75) is 26.4 Å². The highest BCUT2D eigenvalue weighted by atomic mass is 16.3. The molecule has 1 unspecified atom stereocenters. The van der Waals surface area contributed by atoms with Crippen LogP contribution < -0.4 is 5.32 Å². The minimum absolute atomic E-state index is 0.199. The summed E-state index contributed by atoms with van der Waals surface area (Å²) in [6.45, 7) is 4.73. The molecule has 2 rings (SSSR count). The van der Waals surface area contributed by atoms with Crippen molar-refractivity contribution in [1.82, 2.24) is 5.32 Å². The van der Waals surface area contributed by atoms with Crippen LogP contribution >= 0.6 is 0 Å². The lowest BCUT2D eigenvalue weighted by Gasteiger charge is -2.09. The maximum absolute atomic E-state index is 5.46. The first-order valence-corrected chi connectivity index (χ1v) is 5.08. The van der Waals surface area contributed by atoms with Gasteiger partial charge in [0.2, 0.25) is 0 Å². The molecule has 80 valence electrons. The highest BCUT2D eigenvalue weighted by Gasteiger charge is 2.08. The van der Waals surface area contributed by atoms with Gasteiger partial charge in [-0.25, -0.2) is 0 Å². The average molecular weight is 205 g/mol. The summed E-state index contributed by atoms with van der Waals surface area (Å²) in [5.74, 6) is 2.83. The number of rotatable bonds is 4. The molecule has 0 aliphatic carbocycles. The molecule has 2 aromatic heterocycles. The quantitative estimate of drug-likeness (QED) is 0.833. The van der Waals surface area contributed by atoms with E-state index < -0.39 is 0 Å². The maximum Gasteiger partial charge on any atom is 0.120 e. The Labute approximate surface area is 89.1 Å². The lowest BCUT2D eigenvalue weighted by molar-refractivity contribution is 0.401. The molecule has 3 nitrogen and oxygen atoms in total. The van der Waals surface area contributed by atoms with Crippen LogP contribution in [-0.2, 0) is 6.54 Å². The molecule has 1 N–H and O–H groups in total. The van der Waals surface area contributed by atoms with Crippen LogP contribution in [-0.4, -0.2) is 0 Å². The topological polar surface area (TPSA) is 38.3 Å². The van der Waals surface area contributed by atoms with Crippen molar-refractivity contribution >= 4 is 0 Å². The maximum atomic E-state index is 5.46. The predicted molar refractivity (Wildman–Crippen MR) is 57.4 cm³/mol. The smallest absolute Gasteiger partial charge is 0.120 e. The molecule has 1 atom stereocenters. The molecule has 0 aliphatic heterocycles. The Kier molecular flexibility index (Phi) is 2.92. The van der Waals surface area contributed by atoms with Gasteiger partial charge < -0.3 is 14.2 Å². The van der Waals surface area contributed by atoms with E-state index in [1.807, 2.05) is 31.2 Å². The van der Waals surface area contributed by atoms with Crippen LogP contribution in [0.5, 0.6) is 0 Å². The van der Waals surface area contributed by atoms with E-state index in [0.29, 0.717) is 0 Å². The fourth-order valence-electron chi connectivity index (χ4n) is 1.47. The van der Waals surface area contributed by atoms with Crippen molar-refractivity contribution in [3.8, 4) is 0 Å². The highest BCUT2D eigenvalue weighted by Crippen LogP contribution is 2.13. The van der Waals surface area contributed by atoms with Gasteiger partial charge in [-0.15, -0.1) is 0 Å². The second-order valence-electron chi connectivity index (χ2n) is 3.63. The Morgan fingerprint density at radius 2 is 2.20 bits per heavy atom. The summed E-state index contributed by atoms with van der Waals surface area (Å²) < 4.78 is 10.8. The Morgan fingerprint density at radius 3 is 2.80 bits per heavy atom. The molecule has 0 fully saturated rings. The van der Waals surface area contributed by atoms with Gasteiger partial charge >= 0.3 is 0 Å². The molecule has 0 saturated carbocycles. The molecule has 0 aliphatic rings. The molecule has 0 bridgehead atoms. The Morgan fingerprint density at radius 1 is 1.33 bits per heavy atom. The van der Waals surface area contributed by atoms with Crippen LogP contribution in [0.4, 0.5) is 0 Å². The third kappa shape index (κ3) is 2.50. The van der Waals surface area contributed by atoms with Gasteiger partial charge in [0.25, 0.3) is 0 Å².